The fraction of sp³-hybridized carbons (Fsp3) is 0.190. The monoisotopic (exact) mass is 478 g/mol. The first-order chi connectivity index (χ1) is 14.4. The predicted molar refractivity (Wildman–Crippen MR) is 124 cm³/mol. The molecule has 0 spiro atoms. The van der Waals surface area contributed by atoms with Gasteiger partial charge in [0.25, 0.3) is 5.91 Å². The van der Waals surface area contributed by atoms with Gasteiger partial charge in [0.15, 0.2) is 5.13 Å². The van der Waals surface area contributed by atoms with Gasteiger partial charge in [-0.2, -0.15) is 0 Å². The van der Waals surface area contributed by atoms with Crippen LogP contribution in [0.5, 0.6) is 0 Å². The highest BCUT2D eigenvalue weighted by atomic mass is 35.5. The van der Waals surface area contributed by atoms with E-state index in [-0.39, 0.29) is 5.91 Å². The molecular formula is C21H17Cl3N4OS. The minimum atomic E-state index is -0.240. The molecule has 4 rings (SSSR count). The van der Waals surface area contributed by atoms with Gasteiger partial charge in [-0.25, -0.2) is 9.97 Å². The summed E-state index contributed by atoms with van der Waals surface area (Å²) < 4.78 is 2.90. The van der Waals surface area contributed by atoms with Gasteiger partial charge in [-0.3, -0.25) is 9.69 Å². The van der Waals surface area contributed by atoms with E-state index in [1.165, 1.54) is 11.3 Å². The van der Waals surface area contributed by atoms with Gasteiger partial charge in [-0.15, -0.1) is 0 Å². The van der Waals surface area contributed by atoms with Crippen LogP contribution in [0.2, 0.25) is 15.1 Å². The van der Waals surface area contributed by atoms with Crippen LogP contribution in [0.1, 0.15) is 22.3 Å². The Labute approximate surface area is 192 Å². The molecule has 2 heterocycles. The number of hydrogen-bond acceptors (Lipinski definition) is 4. The third-order valence-corrected chi connectivity index (χ3v) is 6.44. The van der Waals surface area contributed by atoms with Crippen LogP contribution in [-0.4, -0.2) is 27.0 Å². The van der Waals surface area contributed by atoms with Crippen LogP contribution in [0.4, 0.5) is 5.13 Å². The van der Waals surface area contributed by atoms with Crippen LogP contribution in [0.15, 0.2) is 49.1 Å². The standard InChI is InChI=1S/C21H17Cl3N4OS/c1-13-9-15(23)11-18-19(13)26-21(30-18)28(7-2-6-27-8-5-25-12-27)20(29)16-10-14(22)3-4-17(16)24/h3-5,8-12H,2,6-7H2,1H3. The van der Waals surface area contributed by atoms with E-state index >= 15 is 0 Å². The number of fused-ring (bicyclic) bond motifs is 1. The molecule has 5 nitrogen and oxygen atoms in total. The number of anilines is 1. The molecular weight excluding hydrogens is 463 g/mol. The van der Waals surface area contributed by atoms with Crippen molar-refractivity contribution < 1.29 is 4.79 Å². The Bertz CT molecular complexity index is 1210. The second-order valence-corrected chi connectivity index (χ2v) is 9.09. The minimum Gasteiger partial charge on any atom is -0.337 e. The van der Waals surface area contributed by atoms with E-state index in [2.05, 4.69) is 4.98 Å². The van der Waals surface area contributed by atoms with Crippen molar-refractivity contribution in [2.75, 3.05) is 11.4 Å². The number of carbonyl (C=O) groups is 1. The molecule has 0 aliphatic heterocycles. The molecule has 1 amide bonds. The molecule has 154 valence electrons. The lowest BCUT2D eigenvalue weighted by Crippen LogP contribution is -2.32. The van der Waals surface area contributed by atoms with E-state index in [9.17, 15) is 4.79 Å². The second-order valence-electron chi connectivity index (χ2n) is 6.80. The molecule has 2 aromatic heterocycles. The molecule has 0 radical (unpaired) electrons. The summed E-state index contributed by atoms with van der Waals surface area (Å²) in [4.78, 5) is 23.9. The van der Waals surface area contributed by atoms with Crippen molar-refractivity contribution >= 4 is 67.4 Å². The van der Waals surface area contributed by atoms with Crippen molar-refractivity contribution in [2.45, 2.75) is 19.9 Å². The number of aryl methyl sites for hydroxylation is 2. The van der Waals surface area contributed by atoms with E-state index in [0.29, 0.717) is 32.3 Å². The molecule has 0 aliphatic rings. The van der Waals surface area contributed by atoms with Crippen LogP contribution < -0.4 is 4.90 Å². The van der Waals surface area contributed by atoms with Gasteiger partial charge < -0.3 is 4.57 Å². The summed E-state index contributed by atoms with van der Waals surface area (Å²) in [6.07, 6.45) is 6.09. The van der Waals surface area contributed by atoms with Gasteiger partial charge in [0.05, 0.1) is 27.1 Å². The Balaban J connectivity index is 1.70. The van der Waals surface area contributed by atoms with E-state index in [1.54, 1.807) is 35.6 Å². The summed E-state index contributed by atoms with van der Waals surface area (Å²) in [6.45, 7) is 3.14. The summed E-state index contributed by atoms with van der Waals surface area (Å²) in [5.41, 5.74) is 2.15. The first kappa shape index (κ1) is 21.1. The average molecular weight is 480 g/mol. The largest absolute Gasteiger partial charge is 0.337 e. The van der Waals surface area contributed by atoms with Gasteiger partial charge in [0, 0.05) is 35.5 Å². The summed E-state index contributed by atoms with van der Waals surface area (Å²) >= 11 is 20.1. The molecule has 30 heavy (non-hydrogen) atoms. The number of imidazole rings is 1. The predicted octanol–water partition coefficient (Wildman–Crippen LogP) is 6.50. The van der Waals surface area contributed by atoms with Gasteiger partial charge in [0.2, 0.25) is 0 Å². The smallest absolute Gasteiger partial charge is 0.261 e. The maximum atomic E-state index is 13.4. The third-order valence-electron chi connectivity index (χ3n) is 4.63. The van der Waals surface area contributed by atoms with Crippen molar-refractivity contribution in [3.05, 3.63) is 75.2 Å². The molecule has 0 N–H and O–H groups in total. The van der Waals surface area contributed by atoms with E-state index < -0.39 is 0 Å². The molecule has 4 aromatic rings. The molecule has 0 aliphatic carbocycles. The molecule has 0 atom stereocenters. The maximum Gasteiger partial charge on any atom is 0.261 e. The topological polar surface area (TPSA) is 51.0 Å². The number of benzene rings is 2. The quantitative estimate of drug-likeness (QED) is 0.317. The summed E-state index contributed by atoms with van der Waals surface area (Å²) in [6, 6.07) is 8.61. The Kier molecular flexibility index (Phi) is 6.29. The van der Waals surface area contributed by atoms with Crippen LogP contribution in [0, 0.1) is 6.92 Å². The number of rotatable bonds is 6. The fourth-order valence-corrected chi connectivity index (χ4v) is 4.99. The Morgan fingerprint density at radius 1 is 1.17 bits per heavy atom. The SMILES string of the molecule is Cc1cc(Cl)cc2sc(N(CCCn3ccnc3)C(=O)c3cc(Cl)ccc3Cl)nc12. The van der Waals surface area contributed by atoms with E-state index in [4.69, 9.17) is 39.8 Å². The van der Waals surface area contributed by atoms with Crippen molar-refractivity contribution in [1.29, 1.82) is 0 Å². The van der Waals surface area contributed by atoms with Crippen molar-refractivity contribution in [1.82, 2.24) is 14.5 Å². The highest BCUT2D eigenvalue weighted by Crippen LogP contribution is 2.34. The lowest BCUT2D eigenvalue weighted by atomic mass is 10.2. The first-order valence-corrected chi connectivity index (χ1v) is 11.2. The zero-order chi connectivity index (χ0) is 21.3. The van der Waals surface area contributed by atoms with E-state index in [1.807, 2.05) is 29.8 Å². The van der Waals surface area contributed by atoms with Crippen LogP contribution >= 0.6 is 46.1 Å². The Morgan fingerprint density at radius 3 is 2.77 bits per heavy atom. The van der Waals surface area contributed by atoms with Gasteiger partial charge in [-0.05, 0) is 49.2 Å². The average Bonchev–Trinajstić information content (AvgIpc) is 3.36. The normalized spacial score (nSPS) is 11.2. The van der Waals surface area contributed by atoms with Crippen LogP contribution in [0.3, 0.4) is 0 Å². The number of thiazole rings is 1. The maximum absolute atomic E-state index is 13.4. The molecule has 0 fully saturated rings. The Morgan fingerprint density at radius 2 is 2.00 bits per heavy atom. The van der Waals surface area contributed by atoms with Crippen molar-refractivity contribution in [3.63, 3.8) is 0 Å². The lowest BCUT2D eigenvalue weighted by Gasteiger charge is -2.21. The summed E-state index contributed by atoms with van der Waals surface area (Å²) in [5.74, 6) is -0.240. The second kappa shape index (κ2) is 8.94. The summed E-state index contributed by atoms with van der Waals surface area (Å²) in [5, 5.41) is 2.05. The van der Waals surface area contributed by atoms with E-state index in [0.717, 1.165) is 28.7 Å². The zero-order valence-electron chi connectivity index (χ0n) is 16.0. The molecule has 0 unspecified atom stereocenters. The third kappa shape index (κ3) is 4.47. The number of hydrogen-bond donors (Lipinski definition) is 0. The molecule has 0 saturated heterocycles. The van der Waals surface area contributed by atoms with Gasteiger partial charge in [-0.1, -0.05) is 46.1 Å². The van der Waals surface area contributed by atoms with Crippen LogP contribution in [0.25, 0.3) is 10.2 Å². The van der Waals surface area contributed by atoms with Gasteiger partial charge >= 0.3 is 0 Å². The Hall–Kier alpha value is -2.12. The van der Waals surface area contributed by atoms with Crippen LogP contribution in [-0.2, 0) is 6.54 Å². The number of amides is 1. The fourth-order valence-electron chi connectivity index (χ4n) is 3.18. The van der Waals surface area contributed by atoms with Gasteiger partial charge in [0.1, 0.15) is 0 Å². The van der Waals surface area contributed by atoms with Crippen molar-refractivity contribution in [3.8, 4) is 0 Å². The number of carbonyl (C=O) groups excluding carboxylic acids is 1. The summed E-state index contributed by atoms with van der Waals surface area (Å²) in [7, 11) is 0. The number of nitrogens with zero attached hydrogens (tertiary/aromatic N) is 4. The zero-order valence-corrected chi connectivity index (χ0v) is 19.1. The number of halogens is 3. The lowest BCUT2D eigenvalue weighted by molar-refractivity contribution is 0.0986. The highest BCUT2D eigenvalue weighted by molar-refractivity contribution is 7.22. The number of aromatic nitrogens is 3. The molecule has 2 aromatic carbocycles. The molecule has 9 heteroatoms. The molecule has 0 bridgehead atoms. The van der Waals surface area contributed by atoms with Crippen molar-refractivity contribution in [2.24, 2.45) is 0 Å². The molecule has 0 saturated carbocycles. The minimum absolute atomic E-state index is 0.240. The first-order valence-electron chi connectivity index (χ1n) is 9.22. The highest BCUT2D eigenvalue weighted by Gasteiger charge is 2.24.